The topological polar surface area (TPSA) is 36.5 Å². The van der Waals surface area contributed by atoms with Gasteiger partial charge in [0.25, 0.3) is 0 Å². The van der Waals surface area contributed by atoms with Crippen molar-refractivity contribution in [2.75, 3.05) is 6.54 Å². The van der Waals surface area contributed by atoms with E-state index in [1.807, 2.05) is 31.2 Å². The first-order valence-electron chi connectivity index (χ1n) is 4.21. The summed E-state index contributed by atoms with van der Waals surface area (Å²) < 4.78 is 5.22. The molecular weight excluding hydrogens is 255 g/mol. The summed E-state index contributed by atoms with van der Waals surface area (Å²) in [6, 6.07) is 7.56. The van der Waals surface area contributed by atoms with Crippen molar-refractivity contribution in [3.63, 3.8) is 0 Å². The zero-order chi connectivity index (χ0) is 9.10. The summed E-state index contributed by atoms with van der Waals surface area (Å²) in [5.74, 6) is 0.712. The van der Waals surface area contributed by atoms with Crippen molar-refractivity contribution in [2.45, 2.75) is 6.92 Å². The third-order valence-electron chi connectivity index (χ3n) is 1.73. The van der Waals surface area contributed by atoms with Crippen molar-refractivity contribution in [1.29, 1.82) is 0 Å². The number of benzene rings is 1. The Morgan fingerprint density at radius 2 is 2.21 bits per heavy atom. The molecule has 0 amide bonds. The van der Waals surface area contributed by atoms with Crippen LogP contribution < -0.4 is 4.84 Å². The van der Waals surface area contributed by atoms with Gasteiger partial charge in [0, 0.05) is 44.2 Å². The molecule has 1 aromatic heterocycles. The Balaban J connectivity index is 0.000000980. The Labute approximate surface area is 108 Å². The molecule has 0 spiro atoms. The van der Waals surface area contributed by atoms with Gasteiger partial charge in [-0.05, 0) is 18.2 Å². The third-order valence-corrected chi connectivity index (χ3v) is 1.73. The zero-order valence-electron chi connectivity index (χ0n) is 7.93. The minimum Gasteiger partial charge on any atom is -0.587 e. The molecule has 0 unspecified atom stereocenters. The maximum Gasteiger partial charge on any atom is 0.137 e. The molecule has 1 heterocycles. The van der Waals surface area contributed by atoms with Gasteiger partial charge in [0.05, 0.1) is 6.26 Å². The monoisotopic (exact) mass is 265 g/mol. The summed E-state index contributed by atoms with van der Waals surface area (Å²) in [6.45, 7) is 2.57. The van der Waals surface area contributed by atoms with Crippen LogP contribution in [0.3, 0.4) is 0 Å². The quantitative estimate of drug-likeness (QED) is 0.799. The predicted molar refractivity (Wildman–Crippen MR) is 50.7 cm³/mol. The van der Waals surface area contributed by atoms with Gasteiger partial charge in [-0.3, -0.25) is 0 Å². The van der Waals surface area contributed by atoms with E-state index >= 15 is 0 Å². The summed E-state index contributed by atoms with van der Waals surface area (Å²) in [4.78, 5) is 5.10. The maximum absolute atomic E-state index is 5.22. The Morgan fingerprint density at radius 3 is 3.00 bits per heavy atom. The van der Waals surface area contributed by atoms with E-state index in [0.717, 1.165) is 11.0 Å². The van der Waals surface area contributed by atoms with Crippen LogP contribution in [0.5, 0.6) is 5.75 Å². The fourth-order valence-electron chi connectivity index (χ4n) is 1.13. The average molecular weight is 265 g/mol. The molecule has 0 saturated carbocycles. The number of hydrogen-bond donors (Lipinski definition) is 0. The molecule has 0 aliphatic carbocycles. The van der Waals surface area contributed by atoms with Crippen LogP contribution in [0.2, 0.25) is 0 Å². The van der Waals surface area contributed by atoms with E-state index in [0.29, 0.717) is 12.3 Å². The van der Waals surface area contributed by atoms with E-state index in [1.165, 1.54) is 0 Å². The molecule has 14 heavy (non-hydrogen) atoms. The van der Waals surface area contributed by atoms with E-state index in [1.54, 1.807) is 6.26 Å². The first-order chi connectivity index (χ1) is 6.40. The van der Waals surface area contributed by atoms with Gasteiger partial charge in [0.15, 0.2) is 0 Å². The van der Waals surface area contributed by atoms with Gasteiger partial charge in [-0.1, -0.05) is 6.92 Å². The van der Waals surface area contributed by atoms with Crippen LogP contribution in [0.15, 0.2) is 34.9 Å². The molecule has 0 atom stereocenters. The van der Waals surface area contributed by atoms with Crippen molar-refractivity contribution in [3.8, 4) is 5.75 Å². The van der Waals surface area contributed by atoms with Crippen LogP contribution in [-0.4, -0.2) is 6.54 Å². The number of rotatable bonds is 3. The fraction of sp³-hybridized carbons (Fsp3) is 0.200. The largest absolute Gasteiger partial charge is 0.587 e. The second-order valence-corrected chi connectivity index (χ2v) is 2.66. The molecular formula is C10H10NO2Y-. The zero-order valence-corrected chi connectivity index (χ0v) is 10.8. The van der Waals surface area contributed by atoms with E-state index < -0.39 is 0 Å². The number of furan rings is 1. The summed E-state index contributed by atoms with van der Waals surface area (Å²) in [6.07, 6.45) is 1.66. The number of hydrogen-bond acceptors (Lipinski definition) is 2. The normalized spacial score (nSPS) is 9.79. The Morgan fingerprint density at radius 1 is 1.36 bits per heavy atom. The number of hydroxylamine groups is 1. The Bertz CT molecular complexity index is 400. The van der Waals surface area contributed by atoms with Gasteiger partial charge in [-0.15, -0.1) is 6.54 Å². The van der Waals surface area contributed by atoms with E-state index in [2.05, 4.69) is 5.48 Å². The molecule has 0 aliphatic heterocycles. The number of nitrogens with zero attached hydrogens (tertiary/aromatic N) is 1. The minimum absolute atomic E-state index is 0. The van der Waals surface area contributed by atoms with E-state index in [-0.39, 0.29) is 32.7 Å². The molecule has 0 saturated heterocycles. The van der Waals surface area contributed by atoms with E-state index in [4.69, 9.17) is 9.25 Å². The number of fused-ring (bicyclic) bond motifs is 1. The van der Waals surface area contributed by atoms with Crippen LogP contribution in [-0.2, 0) is 32.7 Å². The van der Waals surface area contributed by atoms with Crippen LogP contribution in [0.4, 0.5) is 0 Å². The van der Waals surface area contributed by atoms with Gasteiger partial charge in [-0.25, -0.2) is 0 Å². The van der Waals surface area contributed by atoms with Crippen LogP contribution >= 0.6 is 0 Å². The van der Waals surface area contributed by atoms with Crippen molar-refractivity contribution in [2.24, 2.45) is 0 Å². The molecule has 4 heteroatoms. The molecule has 2 aromatic rings. The van der Waals surface area contributed by atoms with Crippen LogP contribution in [0, 0.1) is 0 Å². The third kappa shape index (κ3) is 2.56. The van der Waals surface area contributed by atoms with Crippen LogP contribution in [0.25, 0.3) is 16.4 Å². The SMILES string of the molecule is CC[N-]Oc1ccc2ccoc2c1.[Y]. The molecule has 1 aromatic carbocycles. The molecule has 0 aliphatic rings. The van der Waals surface area contributed by atoms with Crippen molar-refractivity contribution in [1.82, 2.24) is 0 Å². The molecule has 2 rings (SSSR count). The van der Waals surface area contributed by atoms with Gasteiger partial charge in [0.1, 0.15) is 11.3 Å². The molecule has 71 valence electrons. The first-order valence-corrected chi connectivity index (χ1v) is 4.21. The molecule has 0 bridgehead atoms. The van der Waals surface area contributed by atoms with Gasteiger partial charge in [-0.2, -0.15) is 0 Å². The second kappa shape index (κ2) is 5.49. The smallest absolute Gasteiger partial charge is 0.137 e. The summed E-state index contributed by atoms with van der Waals surface area (Å²) in [5.41, 5.74) is 4.61. The second-order valence-electron chi connectivity index (χ2n) is 2.66. The first kappa shape index (κ1) is 11.7. The summed E-state index contributed by atoms with van der Waals surface area (Å²) in [7, 11) is 0. The van der Waals surface area contributed by atoms with Gasteiger partial charge < -0.3 is 14.7 Å². The summed E-state index contributed by atoms with van der Waals surface area (Å²) in [5, 5.41) is 1.07. The molecule has 0 fully saturated rings. The predicted octanol–water partition coefficient (Wildman–Crippen LogP) is 3.12. The maximum atomic E-state index is 5.22. The summed E-state index contributed by atoms with van der Waals surface area (Å²) >= 11 is 0. The van der Waals surface area contributed by atoms with Crippen molar-refractivity contribution < 1.29 is 42.0 Å². The van der Waals surface area contributed by atoms with Crippen LogP contribution in [0.1, 0.15) is 6.92 Å². The molecule has 3 nitrogen and oxygen atoms in total. The van der Waals surface area contributed by atoms with Crippen molar-refractivity contribution in [3.05, 3.63) is 36.0 Å². The average Bonchev–Trinajstić information content (AvgIpc) is 2.61. The molecule has 0 N–H and O–H groups in total. The molecule has 1 radical (unpaired) electrons. The standard InChI is InChI=1S/C10H10NO2.Y/c1-2-11-13-9-4-3-8-5-6-12-10(8)7-9;/h3-7H,2H2,1H3;/q-1;. The van der Waals surface area contributed by atoms with Gasteiger partial charge in [0.2, 0.25) is 0 Å². The Hall–Kier alpha value is -0.376. The van der Waals surface area contributed by atoms with Gasteiger partial charge >= 0.3 is 0 Å². The minimum atomic E-state index is 0. The van der Waals surface area contributed by atoms with Crippen molar-refractivity contribution >= 4 is 11.0 Å². The van der Waals surface area contributed by atoms with E-state index in [9.17, 15) is 0 Å². The fourth-order valence-corrected chi connectivity index (χ4v) is 1.13. The Kier molecular flexibility index (Phi) is 4.59.